The fraction of sp³-hybridized carbons (Fsp3) is 0.250. The summed E-state index contributed by atoms with van der Waals surface area (Å²) in [5.74, 6) is 0.643. The third-order valence-electron chi connectivity index (χ3n) is 5.80. The Morgan fingerprint density at radius 3 is 2.31 bits per heavy atom. The normalized spacial score (nSPS) is 10.9. The zero-order valence-electron chi connectivity index (χ0n) is 20.4. The van der Waals surface area contributed by atoms with Gasteiger partial charge in [-0.2, -0.15) is 0 Å². The molecule has 4 aromatic rings. The number of nitrogens with one attached hydrogen (secondary N) is 1. The van der Waals surface area contributed by atoms with E-state index in [0.29, 0.717) is 28.6 Å². The number of nitrogen functional groups attached to an aromatic ring is 1. The SMILES string of the molecule is COc1cc(-c2c(C(=O)NCc3ccco3)c(N)nc3c2c(=O)n(C)c(=O)n3C)cc(OC)c1OC. The third-order valence-corrected chi connectivity index (χ3v) is 5.80. The minimum absolute atomic E-state index is 0.0196. The van der Waals surface area contributed by atoms with Crippen LogP contribution in [-0.4, -0.2) is 41.4 Å². The van der Waals surface area contributed by atoms with E-state index in [1.165, 1.54) is 46.3 Å². The summed E-state index contributed by atoms with van der Waals surface area (Å²) in [4.78, 5) is 43.7. The van der Waals surface area contributed by atoms with Crippen LogP contribution in [0.15, 0.2) is 44.5 Å². The molecule has 0 fully saturated rings. The van der Waals surface area contributed by atoms with E-state index < -0.39 is 17.2 Å². The van der Waals surface area contributed by atoms with E-state index in [9.17, 15) is 14.4 Å². The Balaban J connectivity index is 2.10. The lowest BCUT2D eigenvalue weighted by molar-refractivity contribution is 0.0949. The van der Waals surface area contributed by atoms with Crippen molar-refractivity contribution in [3.8, 4) is 28.4 Å². The molecule has 3 aromatic heterocycles. The second-order valence-electron chi connectivity index (χ2n) is 7.83. The summed E-state index contributed by atoms with van der Waals surface area (Å²) in [6.07, 6.45) is 1.49. The van der Waals surface area contributed by atoms with Gasteiger partial charge in [0, 0.05) is 19.7 Å². The van der Waals surface area contributed by atoms with Gasteiger partial charge in [0.2, 0.25) is 5.75 Å². The number of amides is 1. The standard InChI is InChI=1S/C24H25N5O7/c1-28-21-18(23(31)29(2)24(28)32)16(12-9-14(33-3)19(35-5)15(10-12)34-4)17(20(25)27-21)22(30)26-11-13-7-6-8-36-13/h6-10H,11H2,1-5H3,(H2,25,27)(H,26,30). The number of methoxy groups -OCH3 is 3. The predicted octanol–water partition coefficient (Wildman–Crippen LogP) is 1.43. The van der Waals surface area contributed by atoms with Gasteiger partial charge in [-0.25, -0.2) is 9.78 Å². The van der Waals surface area contributed by atoms with Crippen molar-refractivity contribution in [1.82, 2.24) is 19.4 Å². The quantitative estimate of drug-likeness (QED) is 0.388. The lowest BCUT2D eigenvalue weighted by atomic mass is 9.95. The highest BCUT2D eigenvalue weighted by Crippen LogP contribution is 2.43. The van der Waals surface area contributed by atoms with Crippen molar-refractivity contribution in [1.29, 1.82) is 0 Å². The van der Waals surface area contributed by atoms with Crippen LogP contribution in [0.4, 0.5) is 5.82 Å². The van der Waals surface area contributed by atoms with Crippen LogP contribution in [0.3, 0.4) is 0 Å². The van der Waals surface area contributed by atoms with Crippen molar-refractivity contribution in [3.05, 3.63) is 62.7 Å². The van der Waals surface area contributed by atoms with E-state index in [0.717, 1.165) is 4.57 Å². The zero-order chi connectivity index (χ0) is 26.1. The third kappa shape index (κ3) is 3.91. The molecule has 1 aromatic carbocycles. The van der Waals surface area contributed by atoms with E-state index in [1.54, 1.807) is 24.3 Å². The lowest BCUT2D eigenvalue weighted by Gasteiger charge is -2.19. The summed E-state index contributed by atoms with van der Waals surface area (Å²) in [7, 11) is 7.15. The number of benzene rings is 1. The van der Waals surface area contributed by atoms with E-state index in [1.807, 2.05) is 0 Å². The van der Waals surface area contributed by atoms with Gasteiger partial charge in [-0.15, -0.1) is 0 Å². The number of aryl methyl sites for hydroxylation is 1. The Morgan fingerprint density at radius 2 is 1.75 bits per heavy atom. The van der Waals surface area contributed by atoms with Gasteiger partial charge in [0.1, 0.15) is 11.6 Å². The molecule has 36 heavy (non-hydrogen) atoms. The van der Waals surface area contributed by atoms with Crippen molar-refractivity contribution >= 4 is 22.8 Å². The first kappa shape index (κ1) is 24.4. The number of furan rings is 1. The van der Waals surface area contributed by atoms with Gasteiger partial charge in [-0.3, -0.25) is 18.7 Å². The van der Waals surface area contributed by atoms with Crippen LogP contribution in [0.5, 0.6) is 17.2 Å². The minimum Gasteiger partial charge on any atom is -0.493 e. The Bertz CT molecular complexity index is 1560. The number of hydrogen-bond donors (Lipinski definition) is 2. The Labute approximate surface area is 204 Å². The van der Waals surface area contributed by atoms with Crippen molar-refractivity contribution in [2.45, 2.75) is 6.54 Å². The summed E-state index contributed by atoms with van der Waals surface area (Å²) < 4.78 is 23.8. The molecule has 12 heteroatoms. The largest absolute Gasteiger partial charge is 0.493 e. The van der Waals surface area contributed by atoms with E-state index >= 15 is 0 Å². The molecule has 0 atom stereocenters. The number of fused-ring (bicyclic) bond motifs is 1. The van der Waals surface area contributed by atoms with E-state index in [4.69, 9.17) is 24.4 Å². The molecule has 4 rings (SSSR count). The number of nitrogens with zero attached hydrogens (tertiary/aromatic N) is 3. The number of hydrogen-bond acceptors (Lipinski definition) is 9. The van der Waals surface area contributed by atoms with Crippen LogP contribution in [0.1, 0.15) is 16.1 Å². The van der Waals surface area contributed by atoms with Crippen LogP contribution in [0.2, 0.25) is 0 Å². The Kier molecular flexibility index (Phi) is 6.43. The number of rotatable bonds is 7. The molecule has 3 N–H and O–H groups in total. The molecule has 1 amide bonds. The number of carbonyl (C=O) groups is 1. The number of nitrogens with two attached hydrogens (primary N) is 1. The van der Waals surface area contributed by atoms with E-state index in [2.05, 4.69) is 10.3 Å². The van der Waals surface area contributed by atoms with Crippen LogP contribution < -0.4 is 36.5 Å². The molecule has 0 aliphatic heterocycles. The Hall–Kier alpha value is -4.74. The summed E-state index contributed by atoms with van der Waals surface area (Å²) in [5.41, 5.74) is 5.52. The van der Waals surface area contributed by atoms with Gasteiger partial charge in [0.05, 0.1) is 45.1 Å². The second kappa shape index (κ2) is 9.49. The molecule has 0 saturated heterocycles. The molecule has 3 heterocycles. The van der Waals surface area contributed by atoms with Crippen LogP contribution in [-0.2, 0) is 20.6 Å². The first-order valence-electron chi connectivity index (χ1n) is 10.7. The van der Waals surface area contributed by atoms with Crippen LogP contribution >= 0.6 is 0 Å². The highest BCUT2D eigenvalue weighted by molar-refractivity contribution is 6.11. The van der Waals surface area contributed by atoms with Gasteiger partial charge < -0.3 is 29.7 Å². The number of ether oxygens (including phenoxy) is 3. The second-order valence-corrected chi connectivity index (χ2v) is 7.83. The van der Waals surface area contributed by atoms with Crippen molar-refractivity contribution in [2.75, 3.05) is 27.1 Å². The topological polar surface area (TPSA) is 153 Å². The highest BCUT2D eigenvalue weighted by atomic mass is 16.5. The number of carbonyl (C=O) groups excluding carboxylic acids is 1. The van der Waals surface area contributed by atoms with Gasteiger partial charge >= 0.3 is 5.69 Å². The predicted molar refractivity (Wildman–Crippen MR) is 132 cm³/mol. The Morgan fingerprint density at radius 1 is 1.08 bits per heavy atom. The van der Waals surface area contributed by atoms with E-state index in [-0.39, 0.29) is 34.5 Å². The maximum atomic E-state index is 13.4. The summed E-state index contributed by atoms with van der Waals surface area (Å²) in [6.45, 7) is 0.0727. The molecular weight excluding hydrogens is 470 g/mol. The molecule has 0 aliphatic rings. The maximum absolute atomic E-state index is 13.4. The molecule has 0 spiro atoms. The first-order chi connectivity index (χ1) is 17.2. The van der Waals surface area contributed by atoms with Crippen LogP contribution in [0, 0.1) is 0 Å². The smallest absolute Gasteiger partial charge is 0.332 e. The summed E-state index contributed by atoms with van der Waals surface area (Å²) in [5, 5.41) is 2.76. The molecule has 0 unspecified atom stereocenters. The van der Waals surface area contributed by atoms with Gasteiger partial charge in [0.15, 0.2) is 17.1 Å². The molecule has 0 radical (unpaired) electrons. The van der Waals surface area contributed by atoms with Gasteiger partial charge in [0.25, 0.3) is 11.5 Å². The fourth-order valence-electron chi connectivity index (χ4n) is 4.02. The summed E-state index contributed by atoms with van der Waals surface area (Å²) >= 11 is 0. The molecular formula is C24H25N5O7. The molecule has 0 aliphatic carbocycles. The molecule has 0 saturated carbocycles. The molecule has 12 nitrogen and oxygen atoms in total. The minimum atomic E-state index is -0.649. The highest BCUT2D eigenvalue weighted by Gasteiger charge is 2.27. The number of aromatic nitrogens is 3. The lowest BCUT2D eigenvalue weighted by Crippen LogP contribution is -2.38. The average Bonchev–Trinajstić information content (AvgIpc) is 3.41. The van der Waals surface area contributed by atoms with Crippen LogP contribution in [0.25, 0.3) is 22.2 Å². The number of pyridine rings is 1. The first-order valence-corrected chi connectivity index (χ1v) is 10.7. The van der Waals surface area contributed by atoms with Crippen molar-refractivity contribution in [3.63, 3.8) is 0 Å². The monoisotopic (exact) mass is 495 g/mol. The molecule has 188 valence electrons. The summed E-state index contributed by atoms with van der Waals surface area (Å²) in [6, 6.07) is 6.57. The zero-order valence-corrected chi connectivity index (χ0v) is 20.4. The van der Waals surface area contributed by atoms with Crippen molar-refractivity contribution in [2.24, 2.45) is 14.1 Å². The molecule has 0 bridgehead atoms. The maximum Gasteiger partial charge on any atom is 0.332 e. The van der Waals surface area contributed by atoms with Crippen molar-refractivity contribution < 1.29 is 23.4 Å². The van der Waals surface area contributed by atoms with Gasteiger partial charge in [-0.1, -0.05) is 0 Å². The average molecular weight is 495 g/mol. The van der Waals surface area contributed by atoms with Gasteiger partial charge in [-0.05, 0) is 29.8 Å². The number of anilines is 1. The fourth-order valence-corrected chi connectivity index (χ4v) is 4.02.